The molecule has 0 amide bonds. The number of ether oxygens (including phenoxy) is 1. The predicted molar refractivity (Wildman–Crippen MR) is 67.7 cm³/mol. The van der Waals surface area contributed by atoms with Crippen molar-refractivity contribution in [3.05, 3.63) is 59.7 Å². The van der Waals surface area contributed by atoms with Crippen molar-refractivity contribution in [3.63, 3.8) is 0 Å². The molecule has 2 nitrogen and oxygen atoms in total. The van der Waals surface area contributed by atoms with Gasteiger partial charge in [0.15, 0.2) is 0 Å². The van der Waals surface area contributed by atoms with Crippen LogP contribution in [0.2, 0.25) is 0 Å². The van der Waals surface area contributed by atoms with E-state index in [1.165, 1.54) is 5.56 Å². The molecule has 0 heterocycles. The maximum atomic E-state index is 11.5. The summed E-state index contributed by atoms with van der Waals surface area (Å²) in [6.45, 7) is 2.24. The highest BCUT2D eigenvalue weighted by atomic mass is 16.5. The van der Waals surface area contributed by atoms with Gasteiger partial charge in [-0.1, -0.05) is 48.6 Å². The molecule has 2 rings (SSSR count). The third kappa shape index (κ3) is 2.84. The quantitative estimate of drug-likeness (QED) is 0.742. The molecule has 1 aliphatic rings. The van der Waals surface area contributed by atoms with Crippen LogP contribution in [0.3, 0.4) is 0 Å². The van der Waals surface area contributed by atoms with Crippen LogP contribution in [0.4, 0.5) is 0 Å². The Bertz CT molecular complexity index is 443. The van der Waals surface area contributed by atoms with Crippen molar-refractivity contribution in [2.24, 2.45) is 0 Å². The van der Waals surface area contributed by atoms with Crippen LogP contribution >= 0.6 is 0 Å². The molecule has 0 saturated carbocycles. The molecule has 1 atom stereocenters. The van der Waals surface area contributed by atoms with Crippen molar-refractivity contribution in [2.45, 2.75) is 19.3 Å². The van der Waals surface area contributed by atoms with Gasteiger partial charge in [-0.2, -0.15) is 0 Å². The van der Waals surface area contributed by atoms with Crippen LogP contribution in [0.5, 0.6) is 0 Å². The number of carbonyl (C=O) groups excluding carboxylic acids is 1. The molecule has 0 radical (unpaired) electrons. The van der Waals surface area contributed by atoms with Gasteiger partial charge in [0, 0.05) is 5.92 Å². The summed E-state index contributed by atoms with van der Waals surface area (Å²) in [4.78, 5) is 11.5. The first-order valence-electron chi connectivity index (χ1n) is 5.91. The summed E-state index contributed by atoms with van der Waals surface area (Å²) in [7, 11) is 0. The Hall–Kier alpha value is -1.83. The standard InChI is InChI=1S/C15H16O2/c1-2-17-15(16)14-10-8-13(9-11-14)12-6-4-3-5-7-12/h3-8,10-11,13H,2,9H2,1H3. The van der Waals surface area contributed by atoms with Gasteiger partial charge in [0.25, 0.3) is 0 Å². The van der Waals surface area contributed by atoms with Crippen molar-refractivity contribution < 1.29 is 9.53 Å². The number of allylic oxidation sites excluding steroid dienone is 2. The molecule has 88 valence electrons. The molecule has 0 aromatic heterocycles. The third-order valence-corrected chi connectivity index (χ3v) is 2.84. The van der Waals surface area contributed by atoms with Gasteiger partial charge in [-0.25, -0.2) is 4.79 Å². The van der Waals surface area contributed by atoms with Crippen molar-refractivity contribution >= 4 is 5.97 Å². The Morgan fingerprint density at radius 1 is 1.35 bits per heavy atom. The zero-order valence-electron chi connectivity index (χ0n) is 9.93. The van der Waals surface area contributed by atoms with E-state index in [9.17, 15) is 4.79 Å². The number of benzene rings is 1. The molecule has 1 aromatic carbocycles. The summed E-state index contributed by atoms with van der Waals surface area (Å²) in [5.41, 5.74) is 1.95. The third-order valence-electron chi connectivity index (χ3n) is 2.84. The van der Waals surface area contributed by atoms with Crippen LogP contribution < -0.4 is 0 Å². The van der Waals surface area contributed by atoms with Crippen molar-refractivity contribution in [3.8, 4) is 0 Å². The van der Waals surface area contributed by atoms with E-state index in [1.807, 2.05) is 37.3 Å². The van der Waals surface area contributed by atoms with Crippen LogP contribution in [-0.4, -0.2) is 12.6 Å². The largest absolute Gasteiger partial charge is 0.462 e. The van der Waals surface area contributed by atoms with E-state index in [0.717, 1.165) is 6.42 Å². The smallest absolute Gasteiger partial charge is 0.337 e. The lowest BCUT2D eigenvalue weighted by molar-refractivity contribution is -0.138. The van der Waals surface area contributed by atoms with E-state index in [-0.39, 0.29) is 5.97 Å². The minimum atomic E-state index is -0.227. The van der Waals surface area contributed by atoms with E-state index in [0.29, 0.717) is 18.1 Å². The number of hydrogen-bond donors (Lipinski definition) is 0. The van der Waals surface area contributed by atoms with E-state index in [1.54, 1.807) is 0 Å². The molecule has 0 spiro atoms. The Kier molecular flexibility index (Phi) is 3.76. The second-order valence-corrected chi connectivity index (χ2v) is 3.99. The molecular formula is C15H16O2. The fourth-order valence-electron chi connectivity index (χ4n) is 1.93. The molecule has 17 heavy (non-hydrogen) atoms. The molecule has 0 fully saturated rings. The fourth-order valence-corrected chi connectivity index (χ4v) is 1.93. The maximum absolute atomic E-state index is 11.5. The number of rotatable bonds is 3. The highest BCUT2D eigenvalue weighted by Gasteiger charge is 2.15. The van der Waals surface area contributed by atoms with E-state index in [4.69, 9.17) is 4.74 Å². The fraction of sp³-hybridized carbons (Fsp3) is 0.267. The van der Waals surface area contributed by atoms with Crippen LogP contribution in [-0.2, 0) is 9.53 Å². The lowest BCUT2D eigenvalue weighted by Crippen LogP contribution is -2.09. The minimum absolute atomic E-state index is 0.227. The van der Waals surface area contributed by atoms with Gasteiger partial charge >= 0.3 is 5.97 Å². The van der Waals surface area contributed by atoms with Crippen LogP contribution in [0.15, 0.2) is 54.1 Å². The summed E-state index contributed by atoms with van der Waals surface area (Å²) in [6, 6.07) is 10.3. The topological polar surface area (TPSA) is 26.3 Å². The second-order valence-electron chi connectivity index (χ2n) is 3.99. The summed E-state index contributed by atoms with van der Waals surface area (Å²) in [5.74, 6) is 0.143. The van der Waals surface area contributed by atoms with Crippen LogP contribution in [0.1, 0.15) is 24.8 Å². The summed E-state index contributed by atoms with van der Waals surface area (Å²) >= 11 is 0. The highest BCUT2D eigenvalue weighted by Crippen LogP contribution is 2.26. The first kappa shape index (κ1) is 11.6. The predicted octanol–water partition coefficient (Wildman–Crippen LogP) is 3.22. The van der Waals surface area contributed by atoms with Gasteiger partial charge < -0.3 is 4.74 Å². The summed E-state index contributed by atoms with van der Waals surface area (Å²) in [5, 5.41) is 0. The molecular weight excluding hydrogens is 212 g/mol. The van der Waals surface area contributed by atoms with Gasteiger partial charge in [-0.15, -0.1) is 0 Å². The molecule has 1 unspecified atom stereocenters. The van der Waals surface area contributed by atoms with Crippen LogP contribution in [0.25, 0.3) is 0 Å². The van der Waals surface area contributed by atoms with Gasteiger partial charge in [0.1, 0.15) is 0 Å². The highest BCUT2D eigenvalue weighted by molar-refractivity contribution is 5.91. The molecule has 0 saturated heterocycles. The molecule has 1 aromatic rings. The zero-order valence-corrected chi connectivity index (χ0v) is 9.93. The SMILES string of the molecule is CCOC(=O)C1=CCC(c2ccccc2)C=C1. The number of esters is 1. The maximum Gasteiger partial charge on any atom is 0.337 e. The number of hydrogen-bond acceptors (Lipinski definition) is 2. The zero-order chi connectivity index (χ0) is 12.1. The van der Waals surface area contributed by atoms with Crippen molar-refractivity contribution in [2.75, 3.05) is 6.61 Å². The second kappa shape index (κ2) is 5.48. The summed E-state index contributed by atoms with van der Waals surface area (Å²) < 4.78 is 4.96. The van der Waals surface area contributed by atoms with E-state index < -0.39 is 0 Å². The average molecular weight is 228 g/mol. The van der Waals surface area contributed by atoms with Crippen LogP contribution in [0, 0.1) is 0 Å². The molecule has 0 bridgehead atoms. The first-order chi connectivity index (χ1) is 8.31. The van der Waals surface area contributed by atoms with Gasteiger partial charge in [0.05, 0.1) is 12.2 Å². The minimum Gasteiger partial charge on any atom is -0.462 e. The Morgan fingerprint density at radius 3 is 2.71 bits per heavy atom. The summed E-state index contributed by atoms with van der Waals surface area (Å²) in [6.07, 6.45) is 6.74. The Morgan fingerprint density at radius 2 is 2.12 bits per heavy atom. The Balaban J connectivity index is 2.03. The van der Waals surface area contributed by atoms with Gasteiger partial charge in [0.2, 0.25) is 0 Å². The lowest BCUT2D eigenvalue weighted by Gasteiger charge is -2.15. The monoisotopic (exact) mass is 228 g/mol. The van der Waals surface area contributed by atoms with Crippen molar-refractivity contribution in [1.82, 2.24) is 0 Å². The molecule has 0 N–H and O–H groups in total. The lowest BCUT2D eigenvalue weighted by atomic mass is 9.90. The molecule has 2 heteroatoms. The van der Waals surface area contributed by atoms with Crippen molar-refractivity contribution in [1.29, 1.82) is 0 Å². The first-order valence-corrected chi connectivity index (χ1v) is 5.91. The number of carbonyl (C=O) groups is 1. The molecule has 0 aliphatic heterocycles. The van der Waals surface area contributed by atoms with Gasteiger partial charge in [-0.05, 0) is 18.9 Å². The average Bonchev–Trinajstić information content (AvgIpc) is 2.40. The normalized spacial score (nSPS) is 18.6. The Labute approximate surface area is 102 Å². The molecule has 1 aliphatic carbocycles. The van der Waals surface area contributed by atoms with Gasteiger partial charge in [-0.3, -0.25) is 0 Å². The van der Waals surface area contributed by atoms with E-state index >= 15 is 0 Å². The van der Waals surface area contributed by atoms with E-state index in [2.05, 4.69) is 18.2 Å².